The Morgan fingerprint density at radius 3 is 2.27 bits per heavy atom. The third kappa shape index (κ3) is 2.09. The second-order valence-electron chi connectivity index (χ2n) is 4.84. The van der Waals surface area contributed by atoms with Gasteiger partial charge >= 0.3 is 0 Å². The number of hydrogen-bond donors (Lipinski definition) is 1. The Morgan fingerprint density at radius 2 is 1.50 bits per heavy atom. The summed E-state index contributed by atoms with van der Waals surface area (Å²) in [6, 6.07) is 17.3. The molecule has 22 heavy (non-hydrogen) atoms. The maximum atomic E-state index is 5.99. The molecule has 2 heterocycles. The third-order valence-corrected chi connectivity index (χ3v) is 3.36. The molecule has 0 saturated carbocycles. The zero-order valence-corrected chi connectivity index (χ0v) is 11.6. The number of benzene rings is 2. The minimum absolute atomic E-state index is 0.306. The molecule has 0 amide bonds. The summed E-state index contributed by atoms with van der Waals surface area (Å²) >= 11 is 0. The third-order valence-electron chi connectivity index (χ3n) is 3.36. The molecule has 0 radical (unpaired) electrons. The number of oxazole rings is 1. The number of rotatable bonds is 2. The van der Waals surface area contributed by atoms with Gasteiger partial charge < -0.3 is 10.2 Å². The summed E-state index contributed by atoms with van der Waals surface area (Å²) < 4.78 is 5.79. The van der Waals surface area contributed by atoms with E-state index >= 15 is 0 Å². The molecule has 2 aromatic heterocycles. The summed E-state index contributed by atoms with van der Waals surface area (Å²) in [5, 5.41) is 0. The van der Waals surface area contributed by atoms with E-state index in [9.17, 15) is 0 Å². The van der Waals surface area contributed by atoms with Crippen LogP contribution in [0.4, 0.5) is 5.82 Å². The molecule has 0 spiro atoms. The number of hydrogen-bond acceptors (Lipinski definition) is 5. The van der Waals surface area contributed by atoms with Gasteiger partial charge in [0.2, 0.25) is 5.89 Å². The number of para-hydroxylation sites is 2. The molecule has 0 aliphatic heterocycles. The van der Waals surface area contributed by atoms with Crippen LogP contribution < -0.4 is 5.73 Å². The summed E-state index contributed by atoms with van der Waals surface area (Å²) in [7, 11) is 0. The Morgan fingerprint density at radius 1 is 0.818 bits per heavy atom. The van der Waals surface area contributed by atoms with Crippen LogP contribution >= 0.6 is 0 Å². The predicted octanol–water partition coefficient (Wildman–Crippen LogP) is 3.53. The van der Waals surface area contributed by atoms with E-state index in [1.54, 1.807) is 6.20 Å². The van der Waals surface area contributed by atoms with Crippen molar-refractivity contribution in [3.05, 3.63) is 60.8 Å². The quantitative estimate of drug-likeness (QED) is 0.610. The van der Waals surface area contributed by atoms with Gasteiger partial charge in [0.25, 0.3) is 0 Å². The highest BCUT2D eigenvalue weighted by Gasteiger charge is 2.14. The molecule has 0 aliphatic rings. The summed E-state index contributed by atoms with van der Waals surface area (Å²) in [5.74, 6) is 1.35. The molecule has 5 heteroatoms. The van der Waals surface area contributed by atoms with Gasteiger partial charge in [-0.3, -0.25) is 0 Å². The molecule has 0 atom stereocenters. The van der Waals surface area contributed by atoms with E-state index in [1.807, 2.05) is 54.6 Å². The first-order valence-electron chi connectivity index (χ1n) is 6.85. The Balaban J connectivity index is 1.82. The van der Waals surface area contributed by atoms with Crippen molar-refractivity contribution in [2.24, 2.45) is 0 Å². The standard InChI is InChI=1S/C17H12N4O/c18-16-15(20-12-8-4-5-9-13(12)21-16)17-19-10-14(22-17)11-6-2-1-3-7-11/h1-10H,(H2,18,21). The summed E-state index contributed by atoms with van der Waals surface area (Å²) in [4.78, 5) is 13.1. The van der Waals surface area contributed by atoms with Crippen LogP contribution in [0.25, 0.3) is 33.9 Å². The molecule has 4 rings (SSSR count). The van der Waals surface area contributed by atoms with Gasteiger partial charge in [-0.2, -0.15) is 0 Å². The van der Waals surface area contributed by atoms with E-state index < -0.39 is 0 Å². The first kappa shape index (κ1) is 12.5. The molecule has 4 aromatic rings. The van der Waals surface area contributed by atoms with Crippen LogP contribution in [0.3, 0.4) is 0 Å². The Bertz CT molecular complexity index is 947. The zero-order valence-electron chi connectivity index (χ0n) is 11.6. The van der Waals surface area contributed by atoms with Crippen LogP contribution in [0.5, 0.6) is 0 Å². The van der Waals surface area contributed by atoms with Crippen molar-refractivity contribution in [3.8, 4) is 22.9 Å². The predicted molar refractivity (Wildman–Crippen MR) is 84.9 cm³/mol. The second-order valence-corrected chi connectivity index (χ2v) is 4.84. The van der Waals surface area contributed by atoms with Crippen LogP contribution in [-0.4, -0.2) is 15.0 Å². The highest BCUT2D eigenvalue weighted by Crippen LogP contribution is 2.28. The van der Waals surface area contributed by atoms with E-state index in [0.29, 0.717) is 23.2 Å². The number of aromatic nitrogens is 3. The van der Waals surface area contributed by atoms with Crippen LogP contribution in [-0.2, 0) is 0 Å². The number of anilines is 1. The highest BCUT2D eigenvalue weighted by atomic mass is 16.4. The van der Waals surface area contributed by atoms with Gasteiger partial charge in [-0.15, -0.1) is 0 Å². The molecule has 0 unspecified atom stereocenters. The second kappa shape index (κ2) is 4.96. The molecule has 5 nitrogen and oxygen atoms in total. The molecule has 106 valence electrons. The molecule has 0 fully saturated rings. The average molecular weight is 288 g/mol. The van der Waals surface area contributed by atoms with Gasteiger partial charge in [0, 0.05) is 5.56 Å². The van der Waals surface area contributed by atoms with Crippen LogP contribution in [0, 0.1) is 0 Å². The van der Waals surface area contributed by atoms with Crippen molar-refractivity contribution < 1.29 is 4.42 Å². The lowest BCUT2D eigenvalue weighted by Gasteiger charge is -2.02. The van der Waals surface area contributed by atoms with Crippen LogP contribution in [0.2, 0.25) is 0 Å². The van der Waals surface area contributed by atoms with Gasteiger partial charge in [-0.05, 0) is 12.1 Å². The van der Waals surface area contributed by atoms with E-state index in [4.69, 9.17) is 10.2 Å². The fourth-order valence-electron chi connectivity index (χ4n) is 2.29. The summed E-state index contributed by atoms with van der Waals surface area (Å²) in [6.07, 6.45) is 1.67. The fraction of sp³-hybridized carbons (Fsp3) is 0. The van der Waals surface area contributed by atoms with Crippen molar-refractivity contribution in [1.29, 1.82) is 0 Å². The van der Waals surface area contributed by atoms with Crippen molar-refractivity contribution in [2.45, 2.75) is 0 Å². The molecule has 2 aromatic carbocycles. The van der Waals surface area contributed by atoms with E-state index in [0.717, 1.165) is 16.6 Å². The first-order valence-corrected chi connectivity index (χ1v) is 6.85. The Kier molecular flexibility index (Phi) is 2.83. The monoisotopic (exact) mass is 288 g/mol. The normalized spacial score (nSPS) is 10.9. The number of nitrogen functional groups attached to an aromatic ring is 1. The Labute approximate surface area is 126 Å². The van der Waals surface area contributed by atoms with E-state index in [-0.39, 0.29) is 0 Å². The maximum Gasteiger partial charge on any atom is 0.249 e. The lowest BCUT2D eigenvalue weighted by molar-refractivity contribution is 0.586. The lowest BCUT2D eigenvalue weighted by Crippen LogP contribution is -1.98. The summed E-state index contributed by atoms with van der Waals surface area (Å²) in [6.45, 7) is 0. The number of nitrogens with zero attached hydrogens (tertiary/aromatic N) is 3. The fourth-order valence-corrected chi connectivity index (χ4v) is 2.29. The van der Waals surface area contributed by atoms with Crippen LogP contribution in [0.1, 0.15) is 0 Å². The molecular formula is C17H12N4O. The van der Waals surface area contributed by atoms with Gasteiger partial charge in [0.15, 0.2) is 17.3 Å². The first-order chi connectivity index (χ1) is 10.8. The molecule has 0 saturated heterocycles. The van der Waals surface area contributed by atoms with E-state index in [2.05, 4.69) is 15.0 Å². The maximum absolute atomic E-state index is 5.99. The lowest BCUT2D eigenvalue weighted by atomic mass is 10.2. The SMILES string of the molecule is Nc1nc2ccccc2nc1-c1ncc(-c2ccccc2)o1. The van der Waals surface area contributed by atoms with Gasteiger partial charge in [-0.1, -0.05) is 42.5 Å². The molecule has 0 bridgehead atoms. The van der Waals surface area contributed by atoms with Crippen molar-refractivity contribution in [2.75, 3.05) is 5.73 Å². The largest absolute Gasteiger partial charge is 0.435 e. The van der Waals surface area contributed by atoms with Crippen LogP contribution in [0.15, 0.2) is 65.2 Å². The van der Waals surface area contributed by atoms with Gasteiger partial charge in [-0.25, -0.2) is 15.0 Å². The highest BCUT2D eigenvalue weighted by molar-refractivity contribution is 5.80. The minimum atomic E-state index is 0.306. The number of fused-ring (bicyclic) bond motifs is 1. The molecule has 2 N–H and O–H groups in total. The Hall–Kier alpha value is -3.21. The van der Waals surface area contributed by atoms with Crippen molar-refractivity contribution >= 4 is 16.9 Å². The molecule has 0 aliphatic carbocycles. The minimum Gasteiger partial charge on any atom is -0.435 e. The van der Waals surface area contributed by atoms with Gasteiger partial charge in [0.1, 0.15) is 0 Å². The van der Waals surface area contributed by atoms with Crippen molar-refractivity contribution in [3.63, 3.8) is 0 Å². The van der Waals surface area contributed by atoms with Crippen molar-refractivity contribution in [1.82, 2.24) is 15.0 Å². The summed E-state index contributed by atoms with van der Waals surface area (Å²) in [5.41, 5.74) is 8.91. The smallest absolute Gasteiger partial charge is 0.249 e. The zero-order chi connectivity index (χ0) is 14.9. The topological polar surface area (TPSA) is 77.8 Å². The average Bonchev–Trinajstić information content (AvgIpc) is 3.05. The number of nitrogens with two attached hydrogens (primary N) is 1. The van der Waals surface area contributed by atoms with E-state index in [1.165, 1.54) is 0 Å². The van der Waals surface area contributed by atoms with Gasteiger partial charge in [0.05, 0.1) is 17.2 Å². The molecular weight excluding hydrogens is 276 g/mol.